The fraction of sp³-hybridized carbons (Fsp3) is 0.700. The van der Waals surface area contributed by atoms with Crippen LogP contribution in [0.3, 0.4) is 0 Å². The van der Waals surface area contributed by atoms with E-state index in [1.807, 2.05) is 0 Å². The molecule has 1 heteroatoms. The van der Waals surface area contributed by atoms with Crippen molar-refractivity contribution < 1.29 is 0 Å². The number of hydrogen-bond acceptors (Lipinski definition) is 0. The molecule has 5 rings (SSSR count). The van der Waals surface area contributed by atoms with Crippen molar-refractivity contribution >= 4 is 22.6 Å². The van der Waals surface area contributed by atoms with Gasteiger partial charge in [-0.05, 0) is 79.7 Å². The van der Waals surface area contributed by atoms with Crippen molar-refractivity contribution in [2.24, 2.45) is 11.3 Å². The smallest absolute Gasteiger partial charge is 0.0238 e. The molecule has 4 aliphatic carbocycles. The summed E-state index contributed by atoms with van der Waals surface area (Å²) in [5, 5.41) is 0. The quantitative estimate of drug-likeness (QED) is 0.417. The van der Waals surface area contributed by atoms with E-state index >= 15 is 0 Å². The molecule has 0 spiro atoms. The van der Waals surface area contributed by atoms with E-state index in [9.17, 15) is 0 Å². The first kappa shape index (κ1) is 14.5. The molecule has 21 heavy (non-hydrogen) atoms. The summed E-state index contributed by atoms with van der Waals surface area (Å²) in [6.45, 7) is 2.26. The molecule has 0 aliphatic heterocycles. The van der Waals surface area contributed by atoms with Gasteiger partial charge in [-0.2, -0.15) is 0 Å². The average molecular weight is 394 g/mol. The van der Waals surface area contributed by atoms with Crippen molar-refractivity contribution in [1.82, 2.24) is 0 Å². The van der Waals surface area contributed by atoms with Gasteiger partial charge in [-0.15, -0.1) is 0 Å². The number of aryl methyl sites for hydroxylation is 1. The summed E-state index contributed by atoms with van der Waals surface area (Å²) in [5.41, 5.74) is 3.93. The molecule has 0 unspecified atom stereocenters. The molecule has 2 bridgehead atoms. The molecular weight excluding hydrogens is 367 g/mol. The van der Waals surface area contributed by atoms with Crippen molar-refractivity contribution in [3.63, 3.8) is 0 Å². The van der Waals surface area contributed by atoms with Gasteiger partial charge >= 0.3 is 0 Å². The van der Waals surface area contributed by atoms with Gasteiger partial charge in [-0.1, -0.05) is 60.2 Å². The lowest BCUT2D eigenvalue weighted by atomic mass is 9.38. The van der Waals surface area contributed by atoms with Gasteiger partial charge in [0, 0.05) is 3.42 Å². The van der Waals surface area contributed by atoms with Gasteiger partial charge < -0.3 is 0 Å². The molecule has 0 saturated heterocycles. The molecule has 0 radical (unpaired) electrons. The summed E-state index contributed by atoms with van der Waals surface area (Å²) in [4.78, 5) is 0. The van der Waals surface area contributed by atoms with E-state index < -0.39 is 0 Å². The van der Waals surface area contributed by atoms with Gasteiger partial charge in [0.25, 0.3) is 0 Å². The third-order valence-corrected chi connectivity index (χ3v) is 7.73. The van der Waals surface area contributed by atoms with E-state index in [1.54, 1.807) is 24.8 Å². The Hall–Kier alpha value is -0.0500. The Bertz CT molecular complexity index is 487. The summed E-state index contributed by atoms with van der Waals surface area (Å²) < 4.78 is 0.754. The molecule has 1 aromatic rings. The Labute approximate surface area is 143 Å². The molecule has 0 aromatic heterocycles. The summed E-state index contributed by atoms with van der Waals surface area (Å²) in [5.74, 6) is 1.91. The first-order valence-electron chi connectivity index (χ1n) is 8.90. The van der Waals surface area contributed by atoms with Crippen LogP contribution in [0.4, 0.5) is 0 Å². The first-order valence-corrected chi connectivity index (χ1v) is 9.98. The van der Waals surface area contributed by atoms with Crippen LogP contribution in [0.25, 0.3) is 0 Å². The fourth-order valence-corrected chi connectivity index (χ4v) is 7.73. The highest BCUT2D eigenvalue weighted by Crippen LogP contribution is 2.76. The highest BCUT2D eigenvalue weighted by molar-refractivity contribution is 14.1. The second kappa shape index (κ2) is 5.25. The van der Waals surface area contributed by atoms with E-state index in [-0.39, 0.29) is 0 Å². The van der Waals surface area contributed by atoms with Crippen molar-refractivity contribution in [2.45, 2.75) is 74.1 Å². The largest absolute Gasteiger partial charge is 0.0788 e. The van der Waals surface area contributed by atoms with E-state index in [4.69, 9.17) is 0 Å². The van der Waals surface area contributed by atoms with Crippen LogP contribution in [0.5, 0.6) is 0 Å². The predicted molar refractivity (Wildman–Crippen MR) is 98.2 cm³/mol. The lowest BCUT2D eigenvalue weighted by Crippen LogP contribution is -2.66. The maximum atomic E-state index is 2.72. The summed E-state index contributed by atoms with van der Waals surface area (Å²) in [6.07, 6.45) is 13.0. The topological polar surface area (TPSA) is 0 Å². The van der Waals surface area contributed by atoms with Gasteiger partial charge in [0.1, 0.15) is 0 Å². The second-order valence-corrected chi connectivity index (χ2v) is 10.4. The van der Waals surface area contributed by atoms with E-state index in [0.29, 0.717) is 0 Å². The molecule has 0 amide bonds. The SMILES string of the molecule is CCCc1ccc(C2CCC(C34CC(I)(C3)C4)CC2)cc1. The van der Waals surface area contributed by atoms with Crippen molar-refractivity contribution in [3.8, 4) is 0 Å². The molecule has 4 fully saturated rings. The van der Waals surface area contributed by atoms with Gasteiger partial charge in [-0.3, -0.25) is 0 Å². The fourth-order valence-electron chi connectivity index (χ4n) is 5.45. The van der Waals surface area contributed by atoms with Gasteiger partial charge in [0.05, 0.1) is 0 Å². The Morgan fingerprint density at radius 3 is 2.14 bits per heavy atom. The Morgan fingerprint density at radius 2 is 1.62 bits per heavy atom. The number of hydrogen-bond donors (Lipinski definition) is 0. The molecule has 4 aliphatic rings. The summed E-state index contributed by atoms with van der Waals surface area (Å²) in [7, 11) is 0. The first-order chi connectivity index (χ1) is 10.1. The molecule has 0 heterocycles. The van der Waals surface area contributed by atoms with Crippen LogP contribution in [-0.4, -0.2) is 3.42 Å². The second-order valence-electron chi connectivity index (χ2n) is 8.08. The van der Waals surface area contributed by atoms with Crippen molar-refractivity contribution in [1.29, 1.82) is 0 Å². The van der Waals surface area contributed by atoms with Crippen molar-refractivity contribution in [2.75, 3.05) is 0 Å². The van der Waals surface area contributed by atoms with Crippen molar-refractivity contribution in [3.05, 3.63) is 35.4 Å². The normalized spacial score (nSPS) is 41.2. The molecule has 4 saturated carbocycles. The van der Waals surface area contributed by atoms with Gasteiger partial charge in [0.2, 0.25) is 0 Å². The number of alkyl halides is 1. The van der Waals surface area contributed by atoms with Crippen LogP contribution in [0.2, 0.25) is 0 Å². The number of rotatable bonds is 4. The van der Waals surface area contributed by atoms with E-state index in [0.717, 1.165) is 20.7 Å². The molecule has 1 aromatic carbocycles. The minimum atomic E-state index is 0.754. The van der Waals surface area contributed by atoms with Crippen LogP contribution in [0.1, 0.15) is 75.3 Å². The van der Waals surface area contributed by atoms with Crippen LogP contribution >= 0.6 is 22.6 Å². The van der Waals surface area contributed by atoms with E-state index in [2.05, 4.69) is 53.8 Å². The average Bonchev–Trinajstić information content (AvgIpc) is 2.45. The highest BCUT2D eigenvalue weighted by Gasteiger charge is 2.68. The standard InChI is InChI=1S/C20H27I/c1-2-3-15-4-6-16(7-5-15)17-8-10-18(11-9-17)19-12-20(21,13-19)14-19/h4-7,17-18H,2-3,8-14H2,1H3. The maximum absolute atomic E-state index is 2.72. The minimum absolute atomic E-state index is 0.754. The molecule has 114 valence electrons. The predicted octanol–water partition coefficient (Wildman–Crippen LogP) is 6.27. The zero-order valence-electron chi connectivity index (χ0n) is 13.2. The summed E-state index contributed by atoms with van der Waals surface area (Å²) in [6, 6.07) is 9.56. The van der Waals surface area contributed by atoms with Crippen LogP contribution in [0.15, 0.2) is 24.3 Å². The van der Waals surface area contributed by atoms with Gasteiger partial charge in [0.15, 0.2) is 0 Å². The van der Waals surface area contributed by atoms with E-state index in [1.165, 1.54) is 44.1 Å². The Balaban J connectivity index is 1.34. The Kier molecular flexibility index (Phi) is 3.63. The zero-order valence-corrected chi connectivity index (χ0v) is 15.4. The molecule has 0 atom stereocenters. The maximum Gasteiger partial charge on any atom is 0.0238 e. The third-order valence-electron chi connectivity index (χ3n) is 6.59. The lowest BCUT2D eigenvalue weighted by Gasteiger charge is -2.72. The van der Waals surface area contributed by atoms with Crippen LogP contribution in [0, 0.1) is 11.3 Å². The number of benzene rings is 1. The number of halogens is 1. The molecule has 0 nitrogen and oxygen atoms in total. The van der Waals surface area contributed by atoms with Gasteiger partial charge in [-0.25, -0.2) is 0 Å². The monoisotopic (exact) mass is 394 g/mol. The third kappa shape index (κ3) is 2.48. The zero-order chi connectivity index (χ0) is 14.5. The van der Waals surface area contributed by atoms with Crippen LogP contribution < -0.4 is 0 Å². The Morgan fingerprint density at radius 1 is 1.00 bits per heavy atom. The lowest BCUT2D eigenvalue weighted by molar-refractivity contribution is -0.125. The summed E-state index contributed by atoms with van der Waals surface area (Å²) >= 11 is 2.72. The molecular formula is C20H27I. The minimum Gasteiger partial charge on any atom is -0.0788 e. The molecule has 0 N–H and O–H groups in total. The highest BCUT2D eigenvalue weighted by atomic mass is 127. The van der Waals surface area contributed by atoms with Crippen LogP contribution in [-0.2, 0) is 6.42 Å².